The van der Waals surface area contributed by atoms with Gasteiger partial charge >= 0.3 is 12.0 Å². The van der Waals surface area contributed by atoms with Gasteiger partial charge in [-0.1, -0.05) is 0 Å². The Labute approximate surface area is 108 Å². The Bertz CT molecular complexity index is 356. The molecule has 1 unspecified atom stereocenters. The molecule has 0 aliphatic heterocycles. The molecule has 5 heteroatoms. The van der Waals surface area contributed by atoms with Crippen molar-refractivity contribution in [3.05, 3.63) is 0 Å². The standard InChI is InChI=1S/C13H20N2O3/c1-4-5-11(12(16)17)14-13(18)15(9(2)3)8-10-6-7-10/h1,9-11H,5-8H2,2-3H3,(H,14,18)(H,16,17). The van der Waals surface area contributed by atoms with Crippen LogP contribution in [0.1, 0.15) is 33.1 Å². The Morgan fingerprint density at radius 3 is 2.50 bits per heavy atom. The van der Waals surface area contributed by atoms with Crippen LogP contribution in [0.4, 0.5) is 4.79 Å². The minimum Gasteiger partial charge on any atom is -0.480 e. The van der Waals surface area contributed by atoms with E-state index in [1.165, 1.54) is 0 Å². The molecule has 100 valence electrons. The SMILES string of the molecule is C#CCC(NC(=O)N(CC1CC1)C(C)C)C(=O)O. The van der Waals surface area contributed by atoms with Crippen LogP contribution in [0.15, 0.2) is 0 Å². The second kappa shape index (κ2) is 6.29. The van der Waals surface area contributed by atoms with Crippen molar-refractivity contribution in [3.63, 3.8) is 0 Å². The van der Waals surface area contributed by atoms with Crippen LogP contribution in [0.5, 0.6) is 0 Å². The van der Waals surface area contributed by atoms with Crippen LogP contribution in [0.3, 0.4) is 0 Å². The highest BCUT2D eigenvalue weighted by molar-refractivity contribution is 5.83. The predicted molar refractivity (Wildman–Crippen MR) is 68.0 cm³/mol. The molecular weight excluding hydrogens is 232 g/mol. The number of carbonyl (C=O) groups excluding carboxylic acids is 1. The number of hydrogen-bond donors (Lipinski definition) is 2. The van der Waals surface area contributed by atoms with E-state index in [1.807, 2.05) is 13.8 Å². The molecule has 1 aliphatic carbocycles. The fraction of sp³-hybridized carbons (Fsp3) is 0.692. The van der Waals surface area contributed by atoms with Crippen molar-refractivity contribution in [2.45, 2.75) is 45.2 Å². The van der Waals surface area contributed by atoms with E-state index < -0.39 is 12.0 Å². The third-order valence-corrected chi connectivity index (χ3v) is 2.95. The normalized spacial score (nSPS) is 15.9. The fourth-order valence-corrected chi connectivity index (χ4v) is 1.66. The van der Waals surface area contributed by atoms with Crippen molar-refractivity contribution in [2.24, 2.45) is 5.92 Å². The van der Waals surface area contributed by atoms with Gasteiger partial charge in [-0.2, -0.15) is 0 Å². The third kappa shape index (κ3) is 4.28. The first-order valence-corrected chi connectivity index (χ1v) is 6.19. The molecule has 1 saturated carbocycles. The van der Waals surface area contributed by atoms with Gasteiger partial charge in [-0.3, -0.25) is 0 Å². The van der Waals surface area contributed by atoms with Crippen molar-refractivity contribution in [3.8, 4) is 12.3 Å². The second-order valence-corrected chi connectivity index (χ2v) is 4.94. The van der Waals surface area contributed by atoms with Crippen LogP contribution in [-0.2, 0) is 4.79 Å². The Balaban J connectivity index is 2.58. The summed E-state index contributed by atoms with van der Waals surface area (Å²) >= 11 is 0. The molecule has 0 heterocycles. The van der Waals surface area contributed by atoms with E-state index in [1.54, 1.807) is 4.90 Å². The largest absolute Gasteiger partial charge is 0.480 e. The van der Waals surface area contributed by atoms with Crippen LogP contribution < -0.4 is 5.32 Å². The topological polar surface area (TPSA) is 69.6 Å². The minimum absolute atomic E-state index is 0.00353. The lowest BCUT2D eigenvalue weighted by molar-refractivity contribution is -0.139. The molecule has 1 fully saturated rings. The zero-order chi connectivity index (χ0) is 13.7. The minimum atomic E-state index is -1.10. The maximum absolute atomic E-state index is 12.0. The van der Waals surface area contributed by atoms with Crippen molar-refractivity contribution in [1.82, 2.24) is 10.2 Å². The Kier molecular flexibility index (Phi) is 5.02. The first kappa shape index (κ1) is 14.4. The highest BCUT2D eigenvalue weighted by Crippen LogP contribution is 2.30. The zero-order valence-electron chi connectivity index (χ0n) is 10.8. The van der Waals surface area contributed by atoms with Gasteiger partial charge in [-0.25, -0.2) is 9.59 Å². The van der Waals surface area contributed by atoms with E-state index in [0.29, 0.717) is 12.5 Å². The summed E-state index contributed by atoms with van der Waals surface area (Å²) in [5.41, 5.74) is 0. The Hall–Kier alpha value is -1.70. The fourth-order valence-electron chi connectivity index (χ4n) is 1.66. The Morgan fingerprint density at radius 2 is 2.11 bits per heavy atom. The third-order valence-electron chi connectivity index (χ3n) is 2.95. The summed E-state index contributed by atoms with van der Waals surface area (Å²) in [6.45, 7) is 4.52. The average molecular weight is 252 g/mol. The molecule has 1 atom stereocenters. The van der Waals surface area contributed by atoms with Crippen molar-refractivity contribution < 1.29 is 14.7 Å². The number of rotatable bonds is 6. The van der Waals surface area contributed by atoms with E-state index in [9.17, 15) is 9.59 Å². The lowest BCUT2D eigenvalue weighted by atomic mass is 10.2. The number of urea groups is 1. The summed E-state index contributed by atoms with van der Waals surface area (Å²) < 4.78 is 0. The number of hydrogen-bond acceptors (Lipinski definition) is 2. The van der Waals surface area contributed by atoms with Gasteiger partial charge in [0.2, 0.25) is 0 Å². The van der Waals surface area contributed by atoms with Crippen molar-refractivity contribution in [1.29, 1.82) is 0 Å². The number of amides is 2. The van der Waals surface area contributed by atoms with Gasteiger partial charge in [0.25, 0.3) is 0 Å². The van der Waals surface area contributed by atoms with E-state index in [-0.39, 0.29) is 18.5 Å². The summed E-state index contributed by atoms with van der Waals surface area (Å²) in [6, 6.07) is -1.31. The lowest BCUT2D eigenvalue weighted by Gasteiger charge is -2.28. The maximum atomic E-state index is 12.0. The quantitative estimate of drug-likeness (QED) is 0.700. The first-order valence-electron chi connectivity index (χ1n) is 6.19. The van der Waals surface area contributed by atoms with Gasteiger partial charge in [-0.15, -0.1) is 12.3 Å². The summed E-state index contributed by atoms with van der Waals surface area (Å²) in [4.78, 5) is 24.6. The molecule has 5 nitrogen and oxygen atoms in total. The maximum Gasteiger partial charge on any atom is 0.327 e. The second-order valence-electron chi connectivity index (χ2n) is 4.94. The van der Waals surface area contributed by atoms with Crippen LogP contribution in [0, 0.1) is 18.3 Å². The van der Waals surface area contributed by atoms with E-state index in [2.05, 4.69) is 11.2 Å². The monoisotopic (exact) mass is 252 g/mol. The first-order chi connectivity index (χ1) is 8.45. The zero-order valence-corrected chi connectivity index (χ0v) is 10.8. The van der Waals surface area contributed by atoms with Gasteiger partial charge in [0.15, 0.2) is 0 Å². The van der Waals surface area contributed by atoms with Gasteiger partial charge in [0, 0.05) is 19.0 Å². The molecular formula is C13H20N2O3. The summed E-state index contributed by atoms with van der Waals surface area (Å²) in [7, 11) is 0. The van der Waals surface area contributed by atoms with Crippen molar-refractivity contribution in [2.75, 3.05) is 6.54 Å². The van der Waals surface area contributed by atoms with E-state index in [4.69, 9.17) is 11.5 Å². The van der Waals surface area contributed by atoms with Crippen LogP contribution in [0.2, 0.25) is 0 Å². The van der Waals surface area contributed by atoms with Gasteiger partial charge in [-0.05, 0) is 32.6 Å². The summed E-state index contributed by atoms with van der Waals surface area (Å²) in [5, 5.41) is 11.4. The summed E-state index contributed by atoms with van der Waals surface area (Å²) in [6.07, 6.45) is 7.37. The van der Waals surface area contributed by atoms with Crippen LogP contribution in [-0.4, -0.2) is 40.6 Å². The van der Waals surface area contributed by atoms with E-state index in [0.717, 1.165) is 12.8 Å². The molecule has 0 aromatic rings. The number of nitrogens with zero attached hydrogens (tertiary/aromatic N) is 1. The Morgan fingerprint density at radius 1 is 1.50 bits per heavy atom. The van der Waals surface area contributed by atoms with E-state index >= 15 is 0 Å². The number of terminal acetylenes is 1. The molecule has 18 heavy (non-hydrogen) atoms. The summed E-state index contributed by atoms with van der Waals surface area (Å²) in [5.74, 6) is 1.73. The molecule has 0 aromatic heterocycles. The van der Waals surface area contributed by atoms with Crippen molar-refractivity contribution >= 4 is 12.0 Å². The number of carbonyl (C=O) groups is 2. The highest BCUT2D eigenvalue weighted by Gasteiger charge is 2.30. The number of aliphatic carboxylic acids is 1. The molecule has 0 bridgehead atoms. The molecule has 0 saturated heterocycles. The molecule has 0 radical (unpaired) electrons. The number of carboxylic acid groups (broad SMARTS) is 1. The number of nitrogens with one attached hydrogen (secondary N) is 1. The molecule has 1 aliphatic rings. The number of carboxylic acids is 1. The molecule has 2 amide bonds. The molecule has 1 rings (SSSR count). The van der Waals surface area contributed by atoms with Gasteiger partial charge < -0.3 is 15.3 Å². The molecule has 0 aromatic carbocycles. The van der Waals surface area contributed by atoms with Gasteiger partial charge in [0.05, 0.1) is 0 Å². The smallest absolute Gasteiger partial charge is 0.327 e. The average Bonchev–Trinajstić information content (AvgIpc) is 3.08. The lowest BCUT2D eigenvalue weighted by Crippen LogP contribution is -2.50. The predicted octanol–water partition coefficient (Wildman–Crippen LogP) is 1.29. The van der Waals surface area contributed by atoms with Gasteiger partial charge in [0.1, 0.15) is 6.04 Å². The molecule has 2 N–H and O–H groups in total. The molecule has 0 spiro atoms. The van der Waals surface area contributed by atoms with Crippen LogP contribution >= 0.6 is 0 Å². The highest BCUT2D eigenvalue weighted by atomic mass is 16.4. The van der Waals surface area contributed by atoms with Crippen LogP contribution in [0.25, 0.3) is 0 Å².